The Kier molecular flexibility index (Phi) is 5.77. The van der Waals surface area contributed by atoms with Gasteiger partial charge < -0.3 is 5.73 Å². The maximum Gasteiger partial charge on any atom is 0.0739 e. The lowest BCUT2D eigenvalue weighted by Crippen LogP contribution is -2.32. The van der Waals surface area contributed by atoms with Crippen LogP contribution in [-0.4, -0.2) is 6.54 Å². The summed E-state index contributed by atoms with van der Waals surface area (Å²) in [6.45, 7) is 0.391. The second-order valence-electron chi connectivity index (χ2n) is 5.35. The monoisotopic (exact) mass is 390 g/mol. The predicted octanol–water partition coefficient (Wildman–Crippen LogP) is 3.94. The fourth-order valence-electron chi connectivity index (χ4n) is 2.47. The van der Waals surface area contributed by atoms with Gasteiger partial charge in [-0.1, -0.05) is 48.5 Å². The van der Waals surface area contributed by atoms with Crippen molar-refractivity contribution in [3.63, 3.8) is 0 Å². The minimum absolute atomic E-state index is 0.391. The highest BCUT2D eigenvalue weighted by Gasteiger charge is 2.28. The molecule has 0 aliphatic rings. The minimum atomic E-state index is -0.486. The molecular formula is C18H19IN2. The van der Waals surface area contributed by atoms with Gasteiger partial charge in [0.1, 0.15) is 0 Å². The van der Waals surface area contributed by atoms with E-state index in [1.807, 2.05) is 30.3 Å². The number of nitrogens with zero attached hydrogens (tertiary/aromatic N) is 1. The van der Waals surface area contributed by atoms with Crippen molar-refractivity contribution in [2.75, 3.05) is 6.54 Å². The third kappa shape index (κ3) is 4.29. The minimum Gasteiger partial charge on any atom is -0.329 e. The Balaban J connectivity index is 2.12. The van der Waals surface area contributed by atoms with E-state index < -0.39 is 5.41 Å². The zero-order chi connectivity index (χ0) is 15.1. The number of nitrogens with two attached hydrogens (primary N) is 1. The first-order valence-corrected chi connectivity index (χ1v) is 8.16. The first-order chi connectivity index (χ1) is 10.2. The van der Waals surface area contributed by atoms with E-state index in [0.717, 1.165) is 12.8 Å². The van der Waals surface area contributed by atoms with Gasteiger partial charge in [-0.3, -0.25) is 0 Å². The molecule has 0 heterocycles. The molecule has 2 N–H and O–H groups in total. The van der Waals surface area contributed by atoms with Crippen LogP contribution < -0.4 is 5.73 Å². The number of aryl methyl sites for hydroxylation is 1. The molecule has 0 amide bonds. The molecular weight excluding hydrogens is 371 g/mol. The molecule has 21 heavy (non-hydrogen) atoms. The van der Waals surface area contributed by atoms with Crippen molar-refractivity contribution in [2.24, 2.45) is 11.1 Å². The summed E-state index contributed by atoms with van der Waals surface area (Å²) in [7, 11) is 0. The third-order valence-corrected chi connectivity index (χ3v) is 4.90. The first kappa shape index (κ1) is 16.0. The Morgan fingerprint density at radius 2 is 1.71 bits per heavy atom. The molecule has 0 fully saturated rings. The quantitative estimate of drug-likeness (QED) is 0.760. The largest absolute Gasteiger partial charge is 0.329 e. The lowest BCUT2D eigenvalue weighted by Gasteiger charge is -2.25. The van der Waals surface area contributed by atoms with Crippen LogP contribution in [0.15, 0.2) is 54.6 Å². The molecule has 0 aromatic heterocycles. The smallest absolute Gasteiger partial charge is 0.0739 e. The van der Waals surface area contributed by atoms with Crippen LogP contribution in [0, 0.1) is 20.3 Å². The number of rotatable bonds is 6. The maximum absolute atomic E-state index is 9.65. The first-order valence-electron chi connectivity index (χ1n) is 7.08. The molecule has 0 saturated carbocycles. The van der Waals surface area contributed by atoms with E-state index in [-0.39, 0.29) is 0 Å². The molecule has 0 bridgehead atoms. The highest BCUT2D eigenvalue weighted by Crippen LogP contribution is 2.28. The summed E-state index contributed by atoms with van der Waals surface area (Å²) < 4.78 is 1.25. The van der Waals surface area contributed by atoms with E-state index >= 15 is 0 Å². The van der Waals surface area contributed by atoms with Gasteiger partial charge in [0, 0.05) is 10.1 Å². The number of nitriles is 1. The molecule has 0 aliphatic carbocycles. The maximum atomic E-state index is 9.65. The third-order valence-electron chi connectivity index (χ3n) is 3.84. The van der Waals surface area contributed by atoms with Crippen molar-refractivity contribution in [3.8, 4) is 6.07 Å². The van der Waals surface area contributed by atoms with E-state index in [0.29, 0.717) is 13.0 Å². The molecule has 3 heteroatoms. The van der Waals surface area contributed by atoms with Gasteiger partial charge in [0.2, 0.25) is 0 Å². The van der Waals surface area contributed by atoms with Gasteiger partial charge >= 0.3 is 0 Å². The topological polar surface area (TPSA) is 49.8 Å². The molecule has 1 atom stereocenters. The predicted molar refractivity (Wildman–Crippen MR) is 94.7 cm³/mol. The molecule has 2 rings (SSSR count). The van der Waals surface area contributed by atoms with Crippen LogP contribution in [0.5, 0.6) is 0 Å². The van der Waals surface area contributed by atoms with Crippen molar-refractivity contribution in [1.29, 1.82) is 5.26 Å². The normalized spacial score (nSPS) is 13.4. The highest BCUT2D eigenvalue weighted by molar-refractivity contribution is 14.1. The van der Waals surface area contributed by atoms with Crippen molar-refractivity contribution in [3.05, 3.63) is 69.3 Å². The Labute approximate surface area is 140 Å². The Morgan fingerprint density at radius 1 is 1.05 bits per heavy atom. The number of benzene rings is 2. The molecule has 2 aromatic carbocycles. The van der Waals surface area contributed by atoms with E-state index in [9.17, 15) is 5.26 Å². The molecule has 0 saturated heterocycles. The zero-order valence-corrected chi connectivity index (χ0v) is 14.1. The number of hydrogen-bond acceptors (Lipinski definition) is 2. The van der Waals surface area contributed by atoms with Crippen LogP contribution in [0.1, 0.15) is 17.5 Å². The highest BCUT2D eigenvalue weighted by atomic mass is 127. The summed E-state index contributed by atoms with van der Waals surface area (Å²) in [5, 5.41) is 9.65. The fraction of sp³-hybridized carbons (Fsp3) is 0.278. The van der Waals surface area contributed by atoms with E-state index in [1.54, 1.807) is 0 Å². The fourth-order valence-corrected chi connectivity index (χ4v) is 3.12. The average Bonchev–Trinajstić information content (AvgIpc) is 2.54. The SMILES string of the molecule is N#CC(CN)(CCc1ccccc1I)Cc1ccccc1. The van der Waals surface area contributed by atoms with Crippen molar-refractivity contribution in [2.45, 2.75) is 19.3 Å². The molecule has 0 radical (unpaired) electrons. The van der Waals surface area contributed by atoms with E-state index in [2.05, 4.69) is 52.9 Å². The molecule has 1 unspecified atom stereocenters. The molecule has 2 nitrogen and oxygen atoms in total. The van der Waals surface area contributed by atoms with Crippen molar-refractivity contribution in [1.82, 2.24) is 0 Å². The summed E-state index contributed by atoms with van der Waals surface area (Å²) >= 11 is 2.35. The van der Waals surface area contributed by atoms with Crippen LogP contribution in [0.4, 0.5) is 0 Å². The van der Waals surface area contributed by atoms with Gasteiger partial charge in [0.25, 0.3) is 0 Å². The second-order valence-corrected chi connectivity index (χ2v) is 6.51. The van der Waals surface area contributed by atoms with Crippen LogP contribution in [0.2, 0.25) is 0 Å². The average molecular weight is 390 g/mol. The molecule has 2 aromatic rings. The summed E-state index contributed by atoms with van der Waals surface area (Å²) in [6, 6.07) is 20.9. The van der Waals surface area contributed by atoms with Gasteiger partial charge in [-0.05, 0) is 59.0 Å². The molecule has 0 aliphatic heterocycles. The lowest BCUT2D eigenvalue weighted by atomic mass is 9.78. The second kappa shape index (κ2) is 7.58. The Hall–Kier alpha value is -1.38. The Morgan fingerprint density at radius 3 is 2.33 bits per heavy atom. The van der Waals surface area contributed by atoms with E-state index in [1.165, 1.54) is 14.7 Å². The zero-order valence-electron chi connectivity index (χ0n) is 11.9. The number of halogens is 1. The van der Waals surface area contributed by atoms with Gasteiger partial charge in [-0.25, -0.2) is 0 Å². The molecule has 0 spiro atoms. The lowest BCUT2D eigenvalue weighted by molar-refractivity contribution is 0.372. The summed E-state index contributed by atoms with van der Waals surface area (Å²) in [5.74, 6) is 0. The van der Waals surface area contributed by atoms with Crippen LogP contribution in [-0.2, 0) is 12.8 Å². The van der Waals surface area contributed by atoms with Gasteiger partial charge in [-0.15, -0.1) is 0 Å². The van der Waals surface area contributed by atoms with E-state index in [4.69, 9.17) is 5.73 Å². The van der Waals surface area contributed by atoms with Crippen molar-refractivity contribution < 1.29 is 0 Å². The number of hydrogen-bond donors (Lipinski definition) is 1. The summed E-state index contributed by atoms with van der Waals surface area (Å²) in [4.78, 5) is 0. The molecule has 108 valence electrons. The van der Waals surface area contributed by atoms with Crippen LogP contribution in [0.25, 0.3) is 0 Å². The summed E-state index contributed by atoms with van der Waals surface area (Å²) in [5.41, 5.74) is 7.92. The Bertz CT molecular complexity index is 619. The summed E-state index contributed by atoms with van der Waals surface area (Å²) in [6.07, 6.45) is 2.38. The van der Waals surface area contributed by atoms with Gasteiger partial charge in [0.05, 0.1) is 11.5 Å². The van der Waals surface area contributed by atoms with Crippen LogP contribution in [0.3, 0.4) is 0 Å². The van der Waals surface area contributed by atoms with Crippen LogP contribution >= 0.6 is 22.6 Å². The van der Waals surface area contributed by atoms with Gasteiger partial charge in [-0.2, -0.15) is 5.26 Å². The van der Waals surface area contributed by atoms with Gasteiger partial charge in [0.15, 0.2) is 0 Å². The van der Waals surface area contributed by atoms with Crippen molar-refractivity contribution >= 4 is 22.6 Å². The standard InChI is InChI=1S/C18H19IN2/c19-17-9-5-4-8-16(17)10-11-18(13-20,14-21)12-15-6-2-1-3-7-15/h1-9H,10-13,20H2.